The van der Waals surface area contributed by atoms with Crippen molar-refractivity contribution < 1.29 is 9.53 Å². The van der Waals surface area contributed by atoms with Gasteiger partial charge in [-0.15, -0.1) is 0 Å². The third-order valence-corrected chi connectivity index (χ3v) is 3.90. The van der Waals surface area contributed by atoms with E-state index in [0.29, 0.717) is 12.2 Å². The van der Waals surface area contributed by atoms with E-state index >= 15 is 0 Å². The molecule has 1 fully saturated rings. The maximum atomic E-state index is 12.3. The number of hydrogen-bond acceptors (Lipinski definition) is 4. The number of nitrogens with zero attached hydrogens (tertiary/aromatic N) is 1. The average Bonchev–Trinajstić information content (AvgIpc) is 3.08. The van der Waals surface area contributed by atoms with E-state index in [2.05, 4.69) is 20.8 Å². The average molecular weight is 264 g/mol. The minimum Gasteiger partial charge on any atom is -0.376 e. The van der Waals surface area contributed by atoms with Crippen LogP contribution < -0.4 is 10.6 Å². The normalized spacial score (nSPS) is 23.9. The second-order valence-electron chi connectivity index (χ2n) is 5.27. The minimum atomic E-state index is -0.107. The van der Waals surface area contributed by atoms with Crippen LogP contribution in [0.4, 0.5) is 0 Å². The number of carbonyl (C=O) groups excluding carboxylic acids is 1. The van der Waals surface area contributed by atoms with Crippen LogP contribution in [0, 0.1) is 0 Å². The van der Waals surface area contributed by atoms with E-state index in [-0.39, 0.29) is 18.1 Å². The molecule has 104 valence electrons. The molecular formula is C13H20N4O2. The highest BCUT2D eigenvalue weighted by Gasteiger charge is 2.27. The second-order valence-corrected chi connectivity index (χ2v) is 5.27. The fraction of sp³-hybridized carbons (Fsp3) is 0.692. The molecule has 3 heterocycles. The smallest absolute Gasteiger partial charge is 0.272 e. The summed E-state index contributed by atoms with van der Waals surface area (Å²) in [6, 6.07) is 0.0268. The van der Waals surface area contributed by atoms with Crippen LogP contribution in [0.1, 0.15) is 41.5 Å². The number of rotatable bonds is 3. The molecular weight excluding hydrogens is 244 g/mol. The van der Waals surface area contributed by atoms with E-state index in [4.69, 9.17) is 4.74 Å². The highest BCUT2D eigenvalue weighted by atomic mass is 16.5. The zero-order valence-corrected chi connectivity index (χ0v) is 11.2. The van der Waals surface area contributed by atoms with E-state index in [1.165, 1.54) is 0 Å². The number of amides is 1. The summed E-state index contributed by atoms with van der Waals surface area (Å²) in [5.74, 6) is -0.107. The Labute approximate surface area is 112 Å². The zero-order valence-electron chi connectivity index (χ0n) is 11.2. The summed E-state index contributed by atoms with van der Waals surface area (Å²) < 4.78 is 5.59. The SMILES string of the molecule is CC(NC(=O)c1n[nH]c2c1CNCC2)C1CCCO1. The molecule has 0 bridgehead atoms. The Bertz CT molecular complexity index is 465. The zero-order chi connectivity index (χ0) is 13.2. The van der Waals surface area contributed by atoms with Gasteiger partial charge in [0.1, 0.15) is 0 Å². The molecule has 0 aromatic carbocycles. The maximum absolute atomic E-state index is 12.3. The largest absolute Gasteiger partial charge is 0.376 e. The number of H-pyrrole nitrogens is 1. The topological polar surface area (TPSA) is 79.0 Å². The highest BCUT2D eigenvalue weighted by Crippen LogP contribution is 2.18. The van der Waals surface area contributed by atoms with Gasteiger partial charge in [-0.2, -0.15) is 5.10 Å². The van der Waals surface area contributed by atoms with Crippen LogP contribution in [0.2, 0.25) is 0 Å². The van der Waals surface area contributed by atoms with Crippen LogP contribution in [-0.4, -0.2) is 41.4 Å². The molecule has 0 aliphatic carbocycles. The molecule has 2 aliphatic heterocycles. The molecule has 3 rings (SSSR count). The summed E-state index contributed by atoms with van der Waals surface area (Å²) in [6.07, 6.45) is 3.13. The van der Waals surface area contributed by atoms with Gasteiger partial charge in [-0.1, -0.05) is 0 Å². The Morgan fingerprint density at radius 2 is 2.47 bits per heavy atom. The number of ether oxygens (including phenoxy) is 1. The van der Waals surface area contributed by atoms with Crippen molar-refractivity contribution >= 4 is 5.91 Å². The first-order chi connectivity index (χ1) is 9.25. The van der Waals surface area contributed by atoms with Crippen LogP contribution in [-0.2, 0) is 17.7 Å². The lowest BCUT2D eigenvalue weighted by Crippen LogP contribution is -2.41. The fourth-order valence-corrected chi connectivity index (χ4v) is 2.78. The molecule has 6 heteroatoms. The van der Waals surface area contributed by atoms with Crippen molar-refractivity contribution in [1.29, 1.82) is 0 Å². The van der Waals surface area contributed by atoms with Gasteiger partial charge in [-0.05, 0) is 19.8 Å². The van der Waals surface area contributed by atoms with E-state index in [1.807, 2.05) is 6.92 Å². The number of aromatic amines is 1. The van der Waals surface area contributed by atoms with Gasteiger partial charge in [-0.3, -0.25) is 9.89 Å². The Morgan fingerprint density at radius 1 is 1.58 bits per heavy atom. The monoisotopic (exact) mass is 264 g/mol. The minimum absolute atomic E-state index is 0.0268. The first-order valence-electron chi connectivity index (χ1n) is 6.95. The molecule has 1 aromatic heterocycles. The van der Waals surface area contributed by atoms with E-state index in [9.17, 15) is 4.79 Å². The lowest BCUT2D eigenvalue weighted by Gasteiger charge is -2.20. The van der Waals surface area contributed by atoms with Crippen molar-refractivity contribution in [1.82, 2.24) is 20.8 Å². The highest BCUT2D eigenvalue weighted by molar-refractivity contribution is 5.94. The summed E-state index contributed by atoms with van der Waals surface area (Å²) in [4.78, 5) is 12.3. The molecule has 2 atom stereocenters. The van der Waals surface area contributed by atoms with Crippen molar-refractivity contribution in [2.45, 2.75) is 44.9 Å². The van der Waals surface area contributed by atoms with Gasteiger partial charge in [0.15, 0.2) is 5.69 Å². The maximum Gasteiger partial charge on any atom is 0.272 e. The summed E-state index contributed by atoms with van der Waals surface area (Å²) in [5.41, 5.74) is 2.60. The molecule has 1 aromatic rings. The Hall–Kier alpha value is -1.40. The third kappa shape index (κ3) is 2.50. The molecule has 2 aliphatic rings. The van der Waals surface area contributed by atoms with Crippen LogP contribution in [0.5, 0.6) is 0 Å². The summed E-state index contributed by atoms with van der Waals surface area (Å²) in [7, 11) is 0. The number of hydrogen-bond donors (Lipinski definition) is 3. The van der Waals surface area contributed by atoms with Gasteiger partial charge >= 0.3 is 0 Å². The second kappa shape index (κ2) is 5.30. The van der Waals surface area contributed by atoms with E-state index in [1.54, 1.807) is 0 Å². The Kier molecular flexibility index (Phi) is 3.52. The van der Waals surface area contributed by atoms with Crippen molar-refractivity contribution in [3.8, 4) is 0 Å². The first kappa shape index (κ1) is 12.6. The quantitative estimate of drug-likeness (QED) is 0.736. The van der Waals surface area contributed by atoms with Gasteiger partial charge < -0.3 is 15.4 Å². The lowest BCUT2D eigenvalue weighted by molar-refractivity contribution is 0.0709. The standard InChI is InChI=1S/C13H20N4O2/c1-8(11-3-2-6-19-11)15-13(18)12-9-7-14-5-4-10(9)16-17-12/h8,11,14H,2-7H2,1H3,(H,15,18)(H,16,17). The molecule has 19 heavy (non-hydrogen) atoms. The van der Waals surface area contributed by atoms with Gasteiger partial charge in [0, 0.05) is 37.4 Å². The van der Waals surface area contributed by atoms with Crippen molar-refractivity contribution in [2.24, 2.45) is 0 Å². The van der Waals surface area contributed by atoms with Crippen LogP contribution in [0.15, 0.2) is 0 Å². The van der Waals surface area contributed by atoms with Gasteiger partial charge in [0.2, 0.25) is 0 Å². The predicted octanol–water partition coefficient (Wildman–Crippen LogP) is 0.353. The van der Waals surface area contributed by atoms with Gasteiger partial charge in [0.05, 0.1) is 12.1 Å². The van der Waals surface area contributed by atoms with Crippen molar-refractivity contribution in [3.63, 3.8) is 0 Å². The fourth-order valence-electron chi connectivity index (χ4n) is 2.78. The molecule has 0 radical (unpaired) electrons. The van der Waals surface area contributed by atoms with Crippen LogP contribution in [0.3, 0.4) is 0 Å². The van der Waals surface area contributed by atoms with Crippen molar-refractivity contribution in [2.75, 3.05) is 13.2 Å². The number of fused-ring (bicyclic) bond motifs is 1. The van der Waals surface area contributed by atoms with Gasteiger partial charge in [0.25, 0.3) is 5.91 Å². The number of nitrogens with one attached hydrogen (secondary N) is 3. The Balaban J connectivity index is 1.68. The van der Waals surface area contributed by atoms with Crippen LogP contribution in [0.25, 0.3) is 0 Å². The molecule has 1 amide bonds. The first-order valence-corrected chi connectivity index (χ1v) is 6.95. The molecule has 2 unspecified atom stereocenters. The summed E-state index contributed by atoms with van der Waals surface area (Å²) in [6.45, 7) is 4.43. The van der Waals surface area contributed by atoms with Crippen LogP contribution >= 0.6 is 0 Å². The summed E-state index contributed by atoms with van der Waals surface area (Å²) in [5, 5.41) is 13.4. The third-order valence-electron chi connectivity index (χ3n) is 3.90. The molecule has 1 saturated heterocycles. The molecule has 0 spiro atoms. The molecule has 0 saturated carbocycles. The predicted molar refractivity (Wildman–Crippen MR) is 69.9 cm³/mol. The lowest BCUT2D eigenvalue weighted by atomic mass is 10.1. The summed E-state index contributed by atoms with van der Waals surface area (Å²) >= 11 is 0. The van der Waals surface area contributed by atoms with Crippen molar-refractivity contribution in [3.05, 3.63) is 17.0 Å². The van der Waals surface area contributed by atoms with E-state index in [0.717, 1.165) is 43.7 Å². The number of carbonyl (C=O) groups is 1. The molecule has 6 nitrogen and oxygen atoms in total. The number of aromatic nitrogens is 2. The molecule has 3 N–H and O–H groups in total. The Morgan fingerprint density at radius 3 is 3.26 bits per heavy atom. The van der Waals surface area contributed by atoms with Gasteiger partial charge in [-0.25, -0.2) is 0 Å². The van der Waals surface area contributed by atoms with E-state index < -0.39 is 0 Å².